The van der Waals surface area contributed by atoms with Crippen molar-refractivity contribution in [3.63, 3.8) is 0 Å². The second-order valence-electron chi connectivity index (χ2n) is 5.77. The van der Waals surface area contributed by atoms with Gasteiger partial charge in [0.15, 0.2) is 0 Å². The lowest BCUT2D eigenvalue weighted by Gasteiger charge is -2.37. The molecule has 0 atom stereocenters. The number of nitrogens with zero attached hydrogens (tertiary/aromatic N) is 2. The van der Waals surface area contributed by atoms with Crippen molar-refractivity contribution in [3.05, 3.63) is 0 Å². The van der Waals surface area contributed by atoms with Gasteiger partial charge in [0.25, 0.3) is 0 Å². The highest BCUT2D eigenvalue weighted by atomic mass is 32.1. The minimum absolute atomic E-state index is 0.366. The number of thiol groups is 1. The summed E-state index contributed by atoms with van der Waals surface area (Å²) >= 11 is 4.63. The van der Waals surface area contributed by atoms with Crippen molar-refractivity contribution in [2.24, 2.45) is 5.41 Å². The average Bonchev–Trinajstić information content (AvgIpc) is 3.19. The van der Waals surface area contributed by atoms with E-state index in [1.165, 1.54) is 38.5 Å². The maximum atomic E-state index is 8.79. The van der Waals surface area contributed by atoms with Crippen LogP contribution in [0.2, 0.25) is 0 Å². The molecule has 0 bridgehead atoms. The zero-order valence-electron chi connectivity index (χ0n) is 12.0. The first-order chi connectivity index (χ1) is 8.71. The summed E-state index contributed by atoms with van der Waals surface area (Å²) in [4.78, 5) is 2.56. The van der Waals surface area contributed by atoms with E-state index in [-0.39, 0.29) is 0 Å². The molecule has 1 aliphatic rings. The van der Waals surface area contributed by atoms with E-state index >= 15 is 0 Å². The molecule has 0 aliphatic heterocycles. The van der Waals surface area contributed by atoms with Crippen LogP contribution in [0.25, 0.3) is 0 Å². The zero-order valence-corrected chi connectivity index (χ0v) is 12.9. The molecule has 0 radical (unpaired) electrons. The molecule has 1 rings (SSSR count). The number of nitriles is 1. The standard InChI is InChI=1S/C15H28N2S/c1-3-8-15(13-18,9-4-2)12-17(11-5-10-16)14-6-7-14/h14,18H,3-9,11-13H2,1-2H3. The SMILES string of the molecule is CCCC(CS)(CCC)CN(CCC#N)C1CC1. The highest BCUT2D eigenvalue weighted by Gasteiger charge is 2.35. The largest absolute Gasteiger partial charge is 0.299 e. The van der Waals surface area contributed by atoms with E-state index in [1.54, 1.807) is 0 Å². The highest BCUT2D eigenvalue weighted by Crippen LogP contribution is 2.36. The molecule has 0 N–H and O–H groups in total. The Morgan fingerprint density at radius 2 is 1.89 bits per heavy atom. The topological polar surface area (TPSA) is 27.0 Å². The van der Waals surface area contributed by atoms with Gasteiger partial charge in [0, 0.05) is 25.6 Å². The molecular weight excluding hydrogens is 240 g/mol. The lowest BCUT2D eigenvalue weighted by atomic mass is 9.80. The second kappa shape index (κ2) is 8.07. The summed E-state index contributed by atoms with van der Waals surface area (Å²) in [5.74, 6) is 0.977. The van der Waals surface area contributed by atoms with E-state index in [0.717, 1.165) is 24.9 Å². The Hall–Kier alpha value is -0.200. The molecule has 1 fully saturated rings. The van der Waals surface area contributed by atoms with E-state index in [1.807, 2.05) is 0 Å². The van der Waals surface area contributed by atoms with Crippen molar-refractivity contribution in [1.82, 2.24) is 4.90 Å². The van der Waals surface area contributed by atoms with Crippen LogP contribution >= 0.6 is 12.6 Å². The molecule has 104 valence electrons. The Balaban J connectivity index is 2.62. The Morgan fingerprint density at radius 1 is 1.28 bits per heavy atom. The summed E-state index contributed by atoms with van der Waals surface area (Å²) in [6.45, 7) is 6.63. The molecule has 0 heterocycles. The molecule has 1 aliphatic carbocycles. The van der Waals surface area contributed by atoms with Gasteiger partial charge in [0.05, 0.1) is 6.07 Å². The van der Waals surface area contributed by atoms with Crippen molar-refractivity contribution < 1.29 is 0 Å². The van der Waals surface area contributed by atoms with E-state index < -0.39 is 0 Å². The third-order valence-electron chi connectivity index (χ3n) is 4.01. The Labute approximate surface area is 118 Å². The highest BCUT2D eigenvalue weighted by molar-refractivity contribution is 7.80. The van der Waals surface area contributed by atoms with Gasteiger partial charge in [-0.3, -0.25) is 4.90 Å². The normalized spacial score (nSPS) is 15.9. The molecule has 0 aromatic carbocycles. The van der Waals surface area contributed by atoms with Gasteiger partial charge in [-0.05, 0) is 36.9 Å². The van der Waals surface area contributed by atoms with Crippen LogP contribution in [0.4, 0.5) is 0 Å². The van der Waals surface area contributed by atoms with Gasteiger partial charge in [-0.2, -0.15) is 17.9 Å². The van der Waals surface area contributed by atoms with Crippen molar-refractivity contribution in [2.45, 2.75) is 64.8 Å². The molecule has 0 spiro atoms. The van der Waals surface area contributed by atoms with Gasteiger partial charge in [0.1, 0.15) is 0 Å². The molecule has 0 saturated heterocycles. The van der Waals surface area contributed by atoms with Gasteiger partial charge in [0.2, 0.25) is 0 Å². The first-order valence-corrected chi connectivity index (χ1v) is 8.06. The third kappa shape index (κ3) is 4.82. The molecule has 0 aromatic heterocycles. The minimum atomic E-state index is 0.366. The van der Waals surface area contributed by atoms with Crippen LogP contribution in [-0.4, -0.2) is 29.8 Å². The van der Waals surface area contributed by atoms with Crippen LogP contribution in [0.3, 0.4) is 0 Å². The van der Waals surface area contributed by atoms with Crippen molar-refractivity contribution in [3.8, 4) is 6.07 Å². The summed E-state index contributed by atoms with van der Waals surface area (Å²) in [5.41, 5.74) is 0.366. The lowest BCUT2D eigenvalue weighted by Crippen LogP contribution is -2.41. The zero-order chi connectivity index (χ0) is 13.4. The van der Waals surface area contributed by atoms with Crippen LogP contribution in [0.5, 0.6) is 0 Å². The Bertz CT molecular complexity index is 262. The summed E-state index contributed by atoms with van der Waals surface area (Å²) in [6.07, 6.45) is 8.31. The first-order valence-electron chi connectivity index (χ1n) is 7.43. The predicted octanol–water partition coefficient (Wildman–Crippen LogP) is 3.88. The fourth-order valence-electron chi connectivity index (χ4n) is 3.01. The summed E-state index contributed by atoms with van der Waals surface area (Å²) in [7, 11) is 0. The van der Waals surface area contributed by atoms with Crippen LogP contribution in [0, 0.1) is 16.7 Å². The summed E-state index contributed by atoms with van der Waals surface area (Å²) in [5, 5.41) is 8.79. The van der Waals surface area contributed by atoms with Crippen LogP contribution in [0.15, 0.2) is 0 Å². The van der Waals surface area contributed by atoms with Gasteiger partial charge in [-0.1, -0.05) is 26.7 Å². The summed E-state index contributed by atoms with van der Waals surface area (Å²) < 4.78 is 0. The van der Waals surface area contributed by atoms with Gasteiger partial charge >= 0.3 is 0 Å². The fourth-order valence-corrected chi connectivity index (χ4v) is 3.42. The quantitative estimate of drug-likeness (QED) is 0.609. The van der Waals surface area contributed by atoms with Crippen LogP contribution in [0.1, 0.15) is 58.8 Å². The van der Waals surface area contributed by atoms with Gasteiger partial charge in [-0.15, -0.1) is 0 Å². The minimum Gasteiger partial charge on any atom is -0.299 e. The first kappa shape index (κ1) is 15.9. The lowest BCUT2D eigenvalue weighted by molar-refractivity contribution is 0.142. The smallest absolute Gasteiger partial charge is 0.0635 e. The van der Waals surface area contributed by atoms with Gasteiger partial charge < -0.3 is 0 Å². The monoisotopic (exact) mass is 268 g/mol. The molecule has 0 amide bonds. The van der Waals surface area contributed by atoms with E-state index in [0.29, 0.717) is 11.8 Å². The molecule has 2 nitrogen and oxygen atoms in total. The van der Waals surface area contributed by atoms with Crippen molar-refractivity contribution in [1.29, 1.82) is 5.26 Å². The Kier molecular flexibility index (Phi) is 7.11. The molecule has 0 unspecified atom stereocenters. The van der Waals surface area contributed by atoms with E-state index in [9.17, 15) is 0 Å². The van der Waals surface area contributed by atoms with Crippen molar-refractivity contribution in [2.75, 3.05) is 18.8 Å². The molecule has 1 saturated carbocycles. The summed E-state index contributed by atoms with van der Waals surface area (Å²) in [6, 6.07) is 3.04. The molecule has 3 heteroatoms. The van der Waals surface area contributed by atoms with Crippen LogP contribution < -0.4 is 0 Å². The number of hydrogen-bond donors (Lipinski definition) is 1. The Morgan fingerprint density at radius 3 is 2.28 bits per heavy atom. The average molecular weight is 268 g/mol. The van der Waals surface area contributed by atoms with E-state index in [2.05, 4.69) is 37.4 Å². The molecular formula is C15H28N2S. The van der Waals surface area contributed by atoms with Crippen LogP contribution in [-0.2, 0) is 0 Å². The predicted molar refractivity (Wildman–Crippen MR) is 80.9 cm³/mol. The fraction of sp³-hybridized carbons (Fsp3) is 0.933. The molecule has 0 aromatic rings. The van der Waals surface area contributed by atoms with Crippen molar-refractivity contribution >= 4 is 12.6 Å². The maximum Gasteiger partial charge on any atom is 0.0635 e. The maximum absolute atomic E-state index is 8.79. The second-order valence-corrected chi connectivity index (χ2v) is 6.08. The van der Waals surface area contributed by atoms with E-state index in [4.69, 9.17) is 5.26 Å². The molecule has 18 heavy (non-hydrogen) atoms. The third-order valence-corrected chi connectivity index (χ3v) is 4.68. The number of hydrogen-bond acceptors (Lipinski definition) is 3. The van der Waals surface area contributed by atoms with Gasteiger partial charge in [-0.25, -0.2) is 0 Å². The number of rotatable bonds is 10.